The minimum atomic E-state index is -2.85. The number of hydrogen-bond donors (Lipinski definition) is 1. The molecule has 0 atom stereocenters. The van der Waals surface area contributed by atoms with Crippen LogP contribution in [0.4, 0.5) is 8.78 Å². The van der Waals surface area contributed by atoms with Crippen LogP contribution < -0.4 is 10.1 Å². The second-order valence-electron chi connectivity index (χ2n) is 4.13. The number of nitrogens with zero attached hydrogens (tertiary/aromatic N) is 1. The van der Waals surface area contributed by atoms with Gasteiger partial charge in [0.05, 0.1) is 6.04 Å². The number of carbonyl (C=O) groups is 1. The minimum absolute atomic E-state index is 0. The summed E-state index contributed by atoms with van der Waals surface area (Å²) in [5.74, 6) is -0.0698. The largest absolute Gasteiger partial charge is 0.435 e. The van der Waals surface area contributed by atoms with E-state index in [0.717, 1.165) is 13.1 Å². The quantitative estimate of drug-likeness (QED) is 0.919. The third kappa shape index (κ3) is 3.78. The van der Waals surface area contributed by atoms with Crippen molar-refractivity contribution in [3.63, 3.8) is 0 Å². The molecule has 0 aromatic heterocycles. The monoisotopic (exact) mass is 292 g/mol. The topological polar surface area (TPSA) is 41.6 Å². The summed E-state index contributed by atoms with van der Waals surface area (Å²) in [5.41, 5.74) is 0.464. The van der Waals surface area contributed by atoms with Crippen LogP contribution in [0.5, 0.6) is 5.75 Å². The van der Waals surface area contributed by atoms with Gasteiger partial charge >= 0.3 is 6.61 Å². The molecule has 1 aromatic rings. The molecular weight excluding hydrogens is 278 g/mol. The van der Waals surface area contributed by atoms with Crippen LogP contribution in [0.2, 0.25) is 0 Å². The standard InChI is InChI=1S/C12H14F2N2O2.ClH/c1-16(9-6-15-7-9)11(17)8-2-4-10(5-3-8)18-12(13)14;/h2-5,9,12,15H,6-7H2,1H3;1H. The molecule has 1 amide bonds. The Morgan fingerprint density at radius 3 is 2.37 bits per heavy atom. The maximum atomic E-state index is 12.0. The number of ether oxygens (including phenoxy) is 1. The fraction of sp³-hybridized carbons (Fsp3) is 0.417. The molecule has 0 radical (unpaired) electrons. The number of rotatable bonds is 4. The first-order valence-electron chi connectivity index (χ1n) is 5.60. The summed E-state index contributed by atoms with van der Waals surface area (Å²) in [5, 5.41) is 3.08. The van der Waals surface area contributed by atoms with E-state index in [1.54, 1.807) is 11.9 Å². The Hall–Kier alpha value is -1.40. The van der Waals surface area contributed by atoms with E-state index in [4.69, 9.17) is 0 Å². The van der Waals surface area contributed by atoms with Crippen molar-refractivity contribution in [2.24, 2.45) is 0 Å². The van der Waals surface area contributed by atoms with Crippen LogP contribution in [0.3, 0.4) is 0 Å². The Morgan fingerprint density at radius 2 is 1.95 bits per heavy atom. The van der Waals surface area contributed by atoms with Crippen molar-refractivity contribution in [1.82, 2.24) is 10.2 Å². The molecule has 2 rings (SSSR count). The maximum absolute atomic E-state index is 12.0. The van der Waals surface area contributed by atoms with Crippen molar-refractivity contribution in [3.05, 3.63) is 29.8 Å². The average Bonchev–Trinajstić information content (AvgIpc) is 2.26. The number of amides is 1. The van der Waals surface area contributed by atoms with E-state index >= 15 is 0 Å². The highest BCUT2D eigenvalue weighted by Gasteiger charge is 2.25. The molecule has 4 nitrogen and oxygen atoms in total. The molecule has 1 saturated heterocycles. The summed E-state index contributed by atoms with van der Waals surface area (Å²) < 4.78 is 28.1. The van der Waals surface area contributed by atoms with Gasteiger partial charge in [-0.1, -0.05) is 0 Å². The minimum Gasteiger partial charge on any atom is -0.435 e. The Balaban J connectivity index is 0.00000180. The predicted molar refractivity (Wildman–Crippen MR) is 69.1 cm³/mol. The van der Waals surface area contributed by atoms with Gasteiger partial charge < -0.3 is 15.0 Å². The number of likely N-dealkylation sites (N-methyl/N-ethyl adjacent to an activating group) is 1. The molecule has 0 saturated carbocycles. The summed E-state index contributed by atoms with van der Waals surface area (Å²) >= 11 is 0. The van der Waals surface area contributed by atoms with Crippen molar-refractivity contribution < 1.29 is 18.3 Å². The van der Waals surface area contributed by atoms with E-state index < -0.39 is 6.61 Å². The van der Waals surface area contributed by atoms with Crippen LogP contribution in [0.1, 0.15) is 10.4 Å². The van der Waals surface area contributed by atoms with Crippen molar-refractivity contribution >= 4 is 18.3 Å². The van der Waals surface area contributed by atoms with Gasteiger partial charge in [-0.05, 0) is 24.3 Å². The second-order valence-corrected chi connectivity index (χ2v) is 4.13. The Bertz CT molecular complexity index is 424. The molecule has 106 valence electrons. The van der Waals surface area contributed by atoms with E-state index in [1.165, 1.54) is 24.3 Å². The van der Waals surface area contributed by atoms with Crippen molar-refractivity contribution in [1.29, 1.82) is 0 Å². The molecule has 1 N–H and O–H groups in total. The van der Waals surface area contributed by atoms with Gasteiger partial charge in [0.25, 0.3) is 5.91 Å². The van der Waals surface area contributed by atoms with Crippen LogP contribution in [0.15, 0.2) is 24.3 Å². The molecule has 0 bridgehead atoms. The molecular formula is C12H15ClF2N2O2. The summed E-state index contributed by atoms with van der Waals surface area (Å²) in [6, 6.07) is 5.92. The SMILES string of the molecule is CN(C(=O)c1ccc(OC(F)F)cc1)C1CNC1.Cl. The first-order chi connectivity index (χ1) is 8.58. The van der Waals surface area contributed by atoms with E-state index in [0.29, 0.717) is 5.56 Å². The molecule has 0 aliphatic carbocycles. The number of nitrogens with one attached hydrogen (secondary N) is 1. The highest BCUT2D eigenvalue weighted by Crippen LogP contribution is 2.16. The highest BCUT2D eigenvalue weighted by atomic mass is 35.5. The maximum Gasteiger partial charge on any atom is 0.387 e. The highest BCUT2D eigenvalue weighted by molar-refractivity contribution is 5.94. The van der Waals surface area contributed by atoms with Gasteiger partial charge in [0, 0.05) is 25.7 Å². The van der Waals surface area contributed by atoms with Crippen LogP contribution in [0, 0.1) is 0 Å². The fourth-order valence-corrected chi connectivity index (χ4v) is 1.70. The third-order valence-electron chi connectivity index (χ3n) is 2.95. The van der Waals surface area contributed by atoms with Crippen LogP contribution in [0.25, 0.3) is 0 Å². The van der Waals surface area contributed by atoms with Gasteiger partial charge in [0.2, 0.25) is 0 Å². The van der Waals surface area contributed by atoms with E-state index in [2.05, 4.69) is 10.1 Å². The zero-order valence-corrected chi connectivity index (χ0v) is 11.1. The number of carbonyl (C=O) groups excluding carboxylic acids is 1. The lowest BCUT2D eigenvalue weighted by Crippen LogP contribution is -2.57. The van der Waals surface area contributed by atoms with Crippen molar-refractivity contribution in [3.8, 4) is 5.75 Å². The van der Waals surface area contributed by atoms with E-state index in [-0.39, 0.29) is 30.1 Å². The Labute approximate surface area is 116 Å². The fourth-order valence-electron chi connectivity index (χ4n) is 1.70. The number of benzene rings is 1. The first-order valence-corrected chi connectivity index (χ1v) is 5.60. The number of halogens is 3. The molecule has 1 aromatic carbocycles. The van der Waals surface area contributed by atoms with E-state index in [9.17, 15) is 13.6 Å². The van der Waals surface area contributed by atoms with E-state index in [1.807, 2.05) is 0 Å². The molecule has 1 fully saturated rings. The Morgan fingerprint density at radius 1 is 1.37 bits per heavy atom. The Kier molecular flexibility index (Phi) is 5.50. The second kappa shape index (κ2) is 6.68. The molecule has 1 aliphatic heterocycles. The molecule has 0 unspecified atom stereocenters. The molecule has 7 heteroatoms. The average molecular weight is 293 g/mol. The summed E-state index contributed by atoms with van der Waals surface area (Å²) in [4.78, 5) is 13.7. The van der Waals surface area contributed by atoms with Gasteiger partial charge in [0.15, 0.2) is 0 Å². The number of hydrogen-bond acceptors (Lipinski definition) is 3. The van der Waals surface area contributed by atoms with Crippen LogP contribution in [-0.2, 0) is 0 Å². The third-order valence-corrected chi connectivity index (χ3v) is 2.95. The smallest absolute Gasteiger partial charge is 0.387 e. The number of alkyl halides is 2. The van der Waals surface area contributed by atoms with Gasteiger partial charge in [-0.25, -0.2) is 0 Å². The molecule has 1 heterocycles. The molecule has 0 spiro atoms. The summed E-state index contributed by atoms with van der Waals surface area (Å²) in [7, 11) is 1.73. The molecule has 1 aliphatic rings. The van der Waals surface area contributed by atoms with Gasteiger partial charge in [-0.3, -0.25) is 4.79 Å². The van der Waals surface area contributed by atoms with Crippen molar-refractivity contribution in [2.45, 2.75) is 12.7 Å². The van der Waals surface area contributed by atoms with Crippen molar-refractivity contribution in [2.75, 3.05) is 20.1 Å². The van der Waals surface area contributed by atoms with Gasteiger partial charge in [-0.15, -0.1) is 12.4 Å². The zero-order chi connectivity index (χ0) is 13.1. The van der Waals surface area contributed by atoms with Crippen LogP contribution >= 0.6 is 12.4 Å². The zero-order valence-electron chi connectivity index (χ0n) is 10.3. The molecule has 19 heavy (non-hydrogen) atoms. The van der Waals surface area contributed by atoms with Gasteiger partial charge in [-0.2, -0.15) is 8.78 Å². The summed E-state index contributed by atoms with van der Waals surface area (Å²) in [6.45, 7) is -1.28. The lowest BCUT2D eigenvalue weighted by Gasteiger charge is -2.35. The van der Waals surface area contributed by atoms with Crippen LogP contribution in [-0.4, -0.2) is 43.6 Å². The summed E-state index contributed by atoms with van der Waals surface area (Å²) in [6.07, 6.45) is 0. The normalized spacial score (nSPS) is 14.5. The lowest BCUT2D eigenvalue weighted by atomic mass is 10.1. The predicted octanol–water partition coefficient (Wildman–Crippen LogP) is 1.75. The first kappa shape index (κ1) is 15.7. The lowest BCUT2D eigenvalue weighted by molar-refractivity contribution is -0.0498. The van der Waals surface area contributed by atoms with Gasteiger partial charge in [0.1, 0.15) is 5.75 Å².